The first kappa shape index (κ1) is 21.8. The molecule has 0 atom stereocenters. The molecule has 0 aliphatic carbocycles. The van der Waals surface area contributed by atoms with E-state index in [-0.39, 0.29) is 31.5 Å². The zero-order valence-electron chi connectivity index (χ0n) is 16.9. The van der Waals surface area contributed by atoms with Gasteiger partial charge >= 0.3 is 11.9 Å². The first-order valence-corrected chi connectivity index (χ1v) is 9.76. The van der Waals surface area contributed by atoms with Crippen molar-refractivity contribution in [3.8, 4) is 11.3 Å². The molecule has 0 saturated carbocycles. The Morgan fingerprint density at radius 1 is 1.12 bits per heavy atom. The topological polar surface area (TPSA) is 109 Å². The number of aromatic carboxylic acids is 1. The lowest BCUT2D eigenvalue weighted by molar-refractivity contribution is -0.114. The van der Waals surface area contributed by atoms with Gasteiger partial charge in [0.1, 0.15) is 18.1 Å². The van der Waals surface area contributed by atoms with Crippen LogP contribution in [0.4, 0.5) is 5.69 Å². The minimum absolute atomic E-state index is 0. The highest BCUT2D eigenvalue weighted by molar-refractivity contribution is 6.32. The number of hydrogen-bond acceptors (Lipinski definition) is 6. The number of carbonyl (C=O) groups is 3. The van der Waals surface area contributed by atoms with E-state index in [0.29, 0.717) is 34.1 Å². The molecule has 1 amide bonds. The highest BCUT2D eigenvalue weighted by Crippen LogP contribution is 2.30. The Kier molecular flexibility index (Phi) is 5.43. The Bertz CT molecular complexity index is 1360. The first-order valence-electron chi connectivity index (χ1n) is 9.76. The number of ether oxygens (including phenoxy) is 1. The number of benzene rings is 2. The molecule has 0 bridgehead atoms. The van der Waals surface area contributed by atoms with Gasteiger partial charge < -0.3 is 14.3 Å². The summed E-state index contributed by atoms with van der Waals surface area (Å²) in [5.41, 5.74) is 3.33. The maximum atomic E-state index is 12.9. The number of carboxylic acids is 1. The summed E-state index contributed by atoms with van der Waals surface area (Å²) >= 11 is 0. The number of furan rings is 1. The van der Waals surface area contributed by atoms with Crippen LogP contribution in [0.1, 0.15) is 46.4 Å². The summed E-state index contributed by atoms with van der Waals surface area (Å²) in [6.07, 6.45) is 1.59. The van der Waals surface area contributed by atoms with Gasteiger partial charge in [-0.3, -0.25) is 4.79 Å². The molecule has 0 radical (unpaired) electrons. The van der Waals surface area contributed by atoms with Crippen LogP contribution in [0, 0.1) is 0 Å². The van der Waals surface area contributed by atoms with Crippen molar-refractivity contribution in [3.05, 3.63) is 82.6 Å². The van der Waals surface area contributed by atoms with Gasteiger partial charge in [0.15, 0.2) is 0 Å². The van der Waals surface area contributed by atoms with Crippen molar-refractivity contribution in [2.45, 2.75) is 21.0 Å². The Hall–Kier alpha value is -4.46. The van der Waals surface area contributed by atoms with Crippen molar-refractivity contribution in [1.29, 1.82) is 0 Å². The van der Waals surface area contributed by atoms with E-state index in [1.165, 1.54) is 17.1 Å². The molecule has 0 fully saturated rings. The number of nitrogens with zero attached hydrogens (tertiary/aromatic N) is 2. The second kappa shape index (κ2) is 8.23. The van der Waals surface area contributed by atoms with Crippen LogP contribution in [0.3, 0.4) is 0 Å². The number of fused-ring (bicyclic) bond motifs is 1. The van der Waals surface area contributed by atoms with E-state index in [9.17, 15) is 19.5 Å². The predicted molar refractivity (Wildman–Crippen MR) is 122 cm³/mol. The summed E-state index contributed by atoms with van der Waals surface area (Å²) in [6.45, 7) is 1.97. The van der Waals surface area contributed by atoms with Crippen molar-refractivity contribution in [2.75, 3.05) is 5.01 Å². The number of hydrazone groups is 1. The normalized spacial score (nSPS) is 15.8. The summed E-state index contributed by atoms with van der Waals surface area (Å²) in [5.74, 6) is -0.833. The van der Waals surface area contributed by atoms with Crippen molar-refractivity contribution in [3.63, 3.8) is 0 Å². The quantitative estimate of drug-likeness (QED) is 0.459. The number of carboxylic acid groups (broad SMARTS) is 1. The van der Waals surface area contributed by atoms with Crippen LogP contribution in [0.15, 0.2) is 69.7 Å². The number of amides is 1. The fourth-order valence-electron chi connectivity index (χ4n) is 3.62. The average Bonchev–Trinajstić information content (AvgIpc) is 3.48. The van der Waals surface area contributed by atoms with Crippen molar-refractivity contribution < 1.29 is 28.6 Å². The van der Waals surface area contributed by atoms with Gasteiger partial charge in [-0.15, -0.1) is 0 Å². The summed E-state index contributed by atoms with van der Waals surface area (Å²) in [6, 6.07) is 14.9. The smallest absolute Gasteiger partial charge is 0.338 e. The zero-order chi connectivity index (χ0) is 22.4. The van der Waals surface area contributed by atoms with Gasteiger partial charge in [0.25, 0.3) is 5.91 Å². The Labute approximate surface area is 189 Å². The van der Waals surface area contributed by atoms with E-state index >= 15 is 0 Å². The highest BCUT2D eigenvalue weighted by Gasteiger charge is 2.29. The second-order valence-electron chi connectivity index (χ2n) is 7.37. The molecular weight excluding hydrogens is 424 g/mol. The molecule has 3 aromatic rings. The minimum atomic E-state index is -1.09. The van der Waals surface area contributed by atoms with E-state index in [2.05, 4.69) is 5.10 Å². The zero-order valence-corrected chi connectivity index (χ0v) is 16.9. The molecule has 2 aliphatic heterocycles. The molecule has 1 N–H and O–H groups in total. The number of cyclic esters (lactones) is 1. The van der Waals surface area contributed by atoms with Gasteiger partial charge in [0.2, 0.25) is 0 Å². The minimum Gasteiger partial charge on any atom is -0.478 e. The fraction of sp³-hybridized carbons (Fsp3) is 0.120. The predicted octanol–water partition coefficient (Wildman–Crippen LogP) is 4.76. The second-order valence-corrected chi connectivity index (χ2v) is 7.37. The lowest BCUT2D eigenvalue weighted by Gasteiger charge is -2.12. The molecule has 33 heavy (non-hydrogen) atoms. The summed E-state index contributed by atoms with van der Waals surface area (Å²) in [5, 5.41) is 14.6. The Morgan fingerprint density at radius 2 is 1.94 bits per heavy atom. The average molecular weight is 444 g/mol. The maximum Gasteiger partial charge on any atom is 0.338 e. The molecule has 0 spiro atoms. The van der Waals surface area contributed by atoms with E-state index in [4.69, 9.17) is 9.15 Å². The molecule has 2 aromatic carbocycles. The Morgan fingerprint density at radius 3 is 2.73 bits per heavy atom. The summed E-state index contributed by atoms with van der Waals surface area (Å²) in [4.78, 5) is 36.0. The fourth-order valence-corrected chi connectivity index (χ4v) is 3.62. The maximum absolute atomic E-state index is 12.9. The van der Waals surface area contributed by atoms with E-state index in [1.807, 2.05) is 12.1 Å². The van der Waals surface area contributed by atoms with Crippen LogP contribution in [0.25, 0.3) is 17.4 Å². The van der Waals surface area contributed by atoms with E-state index in [1.54, 1.807) is 43.3 Å². The lowest BCUT2D eigenvalue weighted by atomic mass is 10.0. The molecule has 8 heteroatoms. The molecule has 0 saturated heterocycles. The SMILES string of the molecule is C.CC1=NN(c2cccc(C(=O)O)c2)C(=O)/C1=C\c1ccc(-c2ccc3c(c2)C(=O)OC3)o1. The molecule has 1 aromatic heterocycles. The molecule has 5 rings (SSSR count). The Balaban J connectivity index is 0.00000259. The van der Waals surface area contributed by atoms with Gasteiger partial charge in [0.05, 0.1) is 28.1 Å². The largest absolute Gasteiger partial charge is 0.478 e. The molecule has 3 heterocycles. The van der Waals surface area contributed by atoms with E-state index < -0.39 is 5.97 Å². The van der Waals surface area contributed by atoms with Gasteiger partial charge in [-0.2, -0.15) is 10.1 Å². The molecule has 8 nitrogen and oxygen atoms in total. The third-order valence-corrected chi connectivity index (χ3v) is 5.29. The molecule has 166 valence electrons. The number of esters is 1. The third kappa shape index (κ3) is 3.82. The molecular formula is C25H20N2O6. The van der Waals surface area contributed by atoms with Gasteiger partial charge in [-0.25, -0.2) is 9.59 Å². The van der Waals surface area contributed by atoms with Crippen molar-refractivity contribution in [1.82, 2.24) is 0 Å². The van der Waals surface area contributed by atoms with Crippen LogP contribution in [0.5, 0.6) is 0 Å². The number of rotatable bonds is 4. The van der Waals surface area contributed by atoms with Gasteiger partial charge in [0, 0.05) is 11.1 Å². The van der Waals surface area contributed by atoms with Gasteiger partial charge in [-0.05, 0) is 49.4 Å². The lowest BCUT2D eigenvalue weighted by Crippen LogP contribution is -2.21. The van der Waals surface area contributed by atoms with Crippen LogP contribution >= 0.6 is 0 Å². The van der Waals surface area contributed by atoms with Crippen LogP contribution in [-0.2, 0) is 16.1 Å². The number of hydrogen-bond donors (Lipinski definition) is 1. The molecule has 0 unspecified atom stereocenters. The van der Waals surface area contributed by atoms with E-state index in [0.717, 1.165) is 11.1 Å². The van der Waals surface area contributed by atoms with Crippen LogP contribution in [0.2, 0.25) is 0 Å². The third-order valence-electron chi connectivity index (χ3n) is 5.29. The monoisotopic (exact) mass is 444 g/mol. The van der Waals surface area contributed by atoms with Crippen LogP contribution in [-0.4, -0.2) is 28.7 Å². The molecule has 2 aliphatic rings. The first-order chi connectivity index (χ1) is 15.4. The van der Waals surface area contributed by atoms with Crippen LogP contribution < -0.4 is 5.01 Å². The standard InChI is InChI=1S/C24H16N2O6.CH4/c1-13-19(22(27)26(25-13)17-4-2-3-15(9-17)23(28)29)11-18-7-8-21(32-18)14-5-6-16-12-31-24(30)20(16)10-14;/h2-11H,12H2,1H3,(H,28,29);1H4/b19-11-;. The highest BCUT2D eigenvalue weighted by atomic mass is 16.5. The van der Waals surface area contributed by atoms with Gasteiger partial charge in [-0.1, -0.05) is 25.6 Å². The van der Waals surface area contributed by atoms with Crippen molar-refractivity contribution in [2.24, 2.45) is 5.10 Å². The van der Waals surface area contributed by atoms with Crippen molar-refractivity contribution >= 4 is 35.3 Å². The summed E-state index contributed by atoms with van der Waals surface area (Å²) < 4.78 is 10.9. The number of carbonyl (C=O) groups excluding carboxylic acids is 2. The number of anilines is 1. The summed E-state index contributed by atoms with van der Waals surface area (Å²) in [7, 11) is 0.